The van der Waals surface area contributed by atoms with E-state index in [0.29, 0.717) is 5.92 Å². The first kappa shape index (κ1) is 13.5. The molecule has 3 rings (SSSR count). The number of piperidine rings is 1. The maximum atomic E-state index is 5.90. The number of benzene rings is 1. The van der Waals surface area contributed by atoms with Crippen molar-refractivity contribution in [2.75, 3.05) is 13.1 Å². The number of rotatable bonds is 4. The predicted molar refractivity (Wildman–Crippen MR) is 77.7 cm³/mol. The molecule has 1 fully saturated rings. The van der Waals surface area contributed by atoms with E-state index in [1.54, 1.807) is 0 Å². The van der Waals surface area contributed by atoms with Gasteiger partial charge in [0.1, 0.15) is 0 Å². The van der Waals surface area contributed by atoms with Crippen LogP contribution in [0.25, 0.3) is 0 Å². The monoisotopic (exact) mass is 291 g/mol. The van der Waals surface area contributed by atoms with Crippen LogP contribution in [0.4, 0.5) is 0 Å². The van der Waals surface area contributed by atoms with Crippen molar-refractivity contribution in [3.8, 4) is 0 Å². The van der Waals surface area contributed by atoms with E-state index in [0.717, 1.165) is 36.9 Å². The lowest BCUT2D eigenvalue weighted by molar-refractivity contribution is 0.315. The Kier molecular flexibility index (Phi) is 4.28. The molecule has 2 heterocycles. The summed E-state index contributed by atoms with van der Waals surface area (Å²) in [5.74, 6) is 1.59. The normalized spacial score (nSPS) is 16.4. The van der Waals surface area contributed by atoms with Gasteiger partial charge in [-0.05, 0) is 60.0 Å². The van der Waals surface area contributed by atoms with Gasteiger partial charge in [0.05, 0.1) is 0 Å². The molecule has 1 aromatic carbocycles. The van der Waals surface area contributed by atoms with Crippen molar-refractivity contribution >= 4 is 11.6 Å². The fraction of sp³-hybridized carbons (Fsp3) is 0.500. The van der Waals surface area contributed by atoms with Crippen LogP contribution in [0, 0.1) is 5.92 Å². The van der Waals surface area contributed by atoms with Gasteiger partial charge >= 0.3 is 0 Å². The Morgan fingerprint density at radius 2 is 1.95 bits per heavy atom. The number of nitrogens with zero attached hydrogens (tertiary/aromatic N) is 4. The summed E-state index contributed by atoms with van der Waals surface area (Å²) in [6.07, 6.45) is 3.13. The molecule has 0 spiro atoms. The quantitative estimate of drug-likeness (QED) is 0.935. The van der Waals surface area contributed by atoms with Crippen LogP contribution in [-0.2, 0) is 13.0 Å². The van der Waals surface area contributed by atoms with E-state index < -0.39 is 0 Å². The number of tetrazole rings is 1. The molecule has 0 amide bonds. The first-order chi connectivity index (χ1) is 9.81. The molecule has 20 heavy (non-hydrogen) atoms. The highest BCUT2D eigenvalue weighted by molar-refractivity contribution is 6.30. The molecule has 5 nitrogen and oxygen atoms in total. The van der Waals surface area contributed by atoms with Crippen LogP contribution in [0.2, 0.25) is 5.02 Å². The second-order valence-corrected chi connectivity index (χ2v) is 5.71. The van der Waals surface area contributed by atoms with E-state index >= 15 is 0 Å². The summed E-state index contributed by atoms with van der Waals surface area (Å²) in [6.45, 7) is 3.11. The molecule has 6 heteroatoms. The average Bonchev–Trinajstić information content (AvgIpc) is 2.90. The van der Waals surface area contributed by atoms with Gasteiger partial charge in [0, 0.05) is 18.0 Å². The summed E-state index contributed by atoms with van der Waals surface area (Å²) in [5, 5.41) is 16.2. The Morgan fingerprint density at radius 3 is 2.70 bits per heavy atom. The lowest BCUT2D eigenvalue weighted by atomic mass is 9.98. The number of hydrogen-bond donors (Lipinski definition) is 1. The third kappa shape index (κ3) is 3.35. The summed E-state index contributed by atoms with van der Waals surface area (Å²) in [7, 11) is 0. The molecule has 0 unspecified atom stereocenters. The van der Waals surface area contributed by atoms with Crippen LogP contribution in [-0.4, -0.2) is 33.3 Å². The predicted octanol–water partition coefficient (Wildman–Crippen LogP) is 1.92. The largest absolute Gasteiger partial charge is 0.317 e. The van der Waals surface area contributed by atoms with Gasteiger partial charge in [-0.15, -0.1) is 5.10 Å². The van der Waals surface area contributed by atoms with E-state index in [1.165, 1.54) is 18.4 Å². The highest BCUT2D eigenvalue weighted by atomic mass is 35.5. The highest BCUT2D eigenvalue weighted by Crippen LogP contribution is 2.16. The van der Waals surface area contributed by atoms with Crippen molar-refractivity contribution in [1.82, 2.24) is 25.5 Å². The second-order valence-electron chi connectivity index (χ2n) is 5.27. The van der Waals surface area contributed by atoms with Crippen LogP contribution >= 0.6 is 11.6 Å². The van der Waals surface area contributed by atoms with E-state index in [2.05, 4.69) is 20.8 Å². The molecule has 2 aromatic rings. The second kappa shape index (κ2) is 6.33. The summed E-state index contributed by atoms with van der Waals surface area (Å²) >= 11 is 5.90. The van der Waals surface area contributed by atoms with Gasteiger partial charge in [0.25, 0.3) is 0 Å². The third-order valence-electron chi connectivity index (χ3n) is 3.77. The van der Waals surface area contributed by atoms with Crippen molar-refractivity contribution in [2.24, 2.45) is 5.92 Å². The summed E-state index contributed by atoms with van der Waals surface area (Å²) in [5.41, 5.74) is 1.18. The van der Waals surface area contributed by atoms with E-state index in [1.807, 2.05) is 28.9 Å². The molecule has 0 radical (unpaired) electrons. The van der Waals surface area contributed by atoms with Crippen LogP contribution in [0.5, 0.6) is 0 Å². The minimum atomic E-state index is 0.670. The summed E-state index contributed by atoms with van der Waals surface area (Å²) in [6, 6.07) is 7.84. The summed E-state index contributed by atoms with van der Waals surface area (Å²) < 4.78 is 1.95. The molecule has 1 aromatic heterocycles. The molecular weight excluding hydrogens is 274 g/mol. The van der Waals surface area contributed by atoms with Crippen LogP contribution in [0.15, 0.2) is 24.3 Å². The molecule has 1 N–H and O–H groups in total. The molecular formula is C14H18ClN5. The zero-order valence-electron chi connectivity index (χ0n) is 11.3. The number of nitrogens with one attached hydrogen (secondary N) is 1. The minimum Gasteiger partial charge on any atom is -0.317 e. The lowest BCUT2D eigenvalue weighted by Gasteiger charge is -2.22. The fourth-order valence-corrected chi connectivity index (χ4v) is 2.71. The molecule has 1 saturated heterocycles. The maximum absolute atomic E-state index is 5.90. The molecule has 1 aliphatic heterocycles. The molecule has 0 aliphatic carbocycles. The zero-order chi connectivity index (χ0) is 13.8. The van der Waals surface area contributed by atoms with Gasteiger partial charge in [0.2, 0.25) is 0 Å². The van der Waals surface area contributed by atoms with Gasteiger partial charge in [-0.3, -0.25) is 0 Å². The smallest absolute Gasteiger partial charge is 0.155 e. The van der Waals surface area contributed by atoms with Crippen molar-refractivity contribution < 1.29 is 0 Å². The molecule has 1 aliphatic rings. The SMILES string of the molecule is Clc1ccc(Cc2nnnn2CC2CCNCC2)cc1. The first-order valence-corrected chi connectivity index (χ1v) is 7.39. The van der Waals surface area contributed by atoms with E-state index in [4.69, 9.17) is 11.6 Å². The van der Waals surface area contributed by atoms with Gasteiger partial charge in [-0.1, -0.05) is 23.7 Å². The van der Waals surface area contributed by atoms with Gasteiger partial charge in [-0.2, -0.15) is 0 Å². The van der Waals surface area contributed by atoms with Gasteiger partial charge in [0.15, 0.2) is 5.82 Å². The van der Waals surface area contributed by atoms with E-state index in [-0.39, 0.29) is 0 Å². The number of halogens is 1. The molecule has 106 valence electrons. The zero-order valence-corrected chi connectivity index (χ0v) is 12.1. The highest BCUT2D eigenvalue weighted by Gasteiger charge is 2.16. The van der Waals surface area contributed by atoms with Crippen LogP contribution in [0.3, 0.4) is 0 Å². The van der Waals surface area contributed by atoms with Gasteiger partial charge < -0.3 is 5.32 Å². The Morgan fingerprint density at radius 1 is 1.20 bits per heavy atom. The van der Waals surface area contributed by atoms with Crippen LogP contribution in [0.1, 0.15) is 24.2 Å². The minimum absolute atomic E-state index is 0.670. The molecule has 0 atom stereocenters. The number of hydrogen-bond acceptors (Lipinski definition) is 4. The lowest BCUT2D eigenvalue weighted by Crippen LogP contribution is -2.30. The van der Waals surface area contributed by atoms with Crippen molar-refractivity contribution in [1.29, 1.82) is 0 Å². The Labute approximate surface area is 123 Å². The fourth-order valence-electron chi connectivity index (χ4n) is 2.59. The number of aromatic nitrogens is 4. The first-order valence-electron chi connectivity index (χ1n) is 7.01. The average molecular weight is 292 g/mol. The maximum Gasteiger partial charge on any atom is 0.155 e. The molecule has 0 bridgehead atoms. The van der Waals surface area contributed by atoms with Crippen molar-refractivity contribution in [3.05, 3.63) is 40.7 Å². The standard InChI is InChI=1S/C14H18ClN5/c15-13-3-1-11(2-4-13)9-14-17-18-19-20(14)10-12-5-7-16-8-6-12/h1-4,12,16H,5-10H2. The van der Waals surface area contributed by atoms with Crippen molar-refractivity contribution in [3.63, 3.8) is 0 Å². The third-order valence-corrected chi connectivity index (χ3v) is 4.02. The van der Waals surface area contributed by atoms with Crippen molar-refractivity contribution in [2.45, 2.75) is 25.8 Å². The van der Waals surface area contributed by atoms with Gasteiger partial charge in [-0.25, -0.2) is 4.68 Å². The van der Waals surface area contributed by atoms with E-state index in [9.17, 15) is 0 Å². The summed E-state index contributed by atoms with van der Waals surface area (Å²) in [4.78, 5) is 0. The van der Waals surface area contributed by atoms with Crippen LogP contribution < -0.4 is 5.32 Å². The topological polar surface area (TPSA) is 55.6 Å². The Balaban J connectivity index is 1.68. The Bertz CT molecular complexity index is 545. The Hall–Kier alpha value is -1.46. The molecule has 0 saturated carbocycles.